The molecule has 1 heterocycles. The number of hydrazine groups is 1. The summed E-state index contributed by atoms with van der Waals surface area (Å²) in [5, 5.41) is 4.76. The Balaban J connectivity index is 2.21. The predicted molar refractivity (Wildman–Crippen MR) is 77.8 cm³/mol. The molecule has 0 bridgehead atoms. The van der Waals surface area contributed by atoms with Gasteiger partial charge >= 0.3 is 0 Å². The van der Waals surface area contributed by atoms with Crippen LogP contribution >= 0.6 is 11.6 Å². The fourth-order valence-corrected chi connectivity index (χ4v) is 2.54. The Kier molecular flexibility index (Phi) is 4.92. The molecular weight excluding hydrogens is 298 g/mol. The Morgan fingerprint density at radius 3 is 2.43 bits per heavy atom. The molecule has 7 heteroatoms. The highest BCUT2D eigenvalue weighted by molar-refractivity contribution is 6.31. The lowest BCUT2D eigenvalue weighted by Gasteiger charge is -2.17. The molecule has 2 aromatic rings. The van der Waals surface area contributed by atoms with Crippen molar-refractivity contribution in [1.82, 2.24) is 15.2 Å². The third-order valence-electron chi connectivity index (χ3n) is 3.45. The molecule has 0 saturated heterocycles. The van der Waals surface area contributed by atoms with Gasteiger partial charge < -0.3 is 0 Å². The Hall–Kier alpha value is -1.50. The van der Waals surface area contributed by atoms with Gasteiger partial charge in [-0.3, -0.25) is 16.0 Å². The zero-order chi connectivity index (χ0) is 15.6. The van der Waals surface area contributed by atoms with Crippen molar-refractivity contribution >= 4 is 11.6 Å². The fourth-order valence-electron chi connectivity index (χ4n) is 2.30. The van der Waals surface area contributed by atoms with E-state index in [0.717, 1.165) is 5.69 Å². The molecule has 1 atom stereocenters. The molecule has 0 fully saturated rings. The summed E-state index contributed by atoms with van der Waals surface area (Å²) >= 11 is 6.18. The maximum absolute atomic E-state index is 13.7. The summed E-state index contributed by atoms with van der Waals surface area (Å²) in [4.78, 5) is 0. The van der Waals surface area contributed by atoms with Crippen molar-refractivity contribution in [2.75, 3.05) is 0 Å². The molecule has 4 nitrogen and oxygen atoms in total. The molecule has 1 aromatic heterocycles. The molecule has 0 spiro atoms. The van der Waals surface area contributed by atoms with Gasteiger partial charge in [-0.1, -0.05) is 17.7 Å². The van der Waals surface area contributed by atoms with Crippen LogP contribution in [-0.4, -0.2) is 15.8 Å². The molecule has 114 valence electrons. The van der Waals surface area contributed by atoms with Crippen LogP contribution in [0.25, 0.3) is 0 Å². The number of aryl methyl sites for hydroxylation is 2. The van der Waals surface area contributed by atoms with Crippen molar-refractivity contribution < 1.29 is 8.78 Å². The Morgan fingerprint density at radius 1 is 1.33 bits per heavy atom. The Bertz CT molecular complexity index is 622. The van der Waals surface area contributed by atoms with Crippen LogP contribution in [0, 0.1) is 18.6 Å². The van der Waals surface area contributed by atoms with Gasteiger partial charge in [-0.25, -0.2) is 8.78 Å². The van der Waals surface area contributed by atoms with Crippen molar-refractivity contribution in [3.8, 4) is 0 Å². The maximum atomic E-state index is 13.7. The summed E-state index contributed by atoms with van der Waals surface area (Å²) in [5.74, 6) is 4.35. The van der Waals surface area contributed by atoms with Crippen LogP contribution in [0.2, 0.25) is 5.02 Å². The number of nitrogens with one attached hydrogen (secondary N) is 1. The standard InChI is InChI=1S/C14H17ClF2N4/c1-8-14(15)13(21(2)20-8)7-9(19-18)6-10-11(16)4-3-5-12(10)17/h3-5,9,19H,6-7,18H2,1-2H3. The second-order valence-electron chi connectivity index (χ2n) is 4.94. The van der Waals surface area contributed by atoms with E-state index in [0.29, 0.717) is 17.1 Å². The molecule has 0 aliphatic heterocycles. The maximum Gasteiger partial charge on any atom is 0.129 e. The molecule has 21 heavy (non-hydrogen) atoms. The zero-order valence-electron chi connectivity index (χ0n) is 11.8. The lowest BCUT2D eigenvalue weighted by Crippen LogP contribution is -2.39. The normalized spacial score (nSPS) is 12.7. The average molecular weight is 315 g/mol. The second-order valence-corrected chi connectivity index (χ2v) is 5.32. The number of hydrogen-bond acceptors (Lipinski definition) is 3. The largest absolute Gasteiger partial charge is 0.271 e. The van der Waals surface area contributed by atoms with Gasteiger partial charge in [-0.15, -0.1) is 0 Å². The van der Waals surface area contributed by atoms with Crippen LogP contribution in [0.15, 0.2) is 18.2 Å². The number of aromatic nitrogens is 2. The van der Waals surface area contributed by atoms with Crippen molar-refractivity contribution in [3.05, 3.63) is 51.8 Å². The van der Waals surface area contributed by atoms with E-state index < -0.39 is 11.6 Å². The molecule has 0 radical (unpaired) electrons. The van der Waals surface area contributed by atoms with Crippen LogP contribution in [0.4, 0.5) is 8.78 Å². The quantitative estimate of drug-likeness (QED) is 0.657. The molecule has 3 N–H and O–H groups in total. The molecule has 0 saturated carbocycles. The van der Waals surface area contributed by atoms with Gasteiger partial charge in [0.2, 0.25) is 0 Å². The summed E-state index contributed by atoms with van der Waals surface area (Å²) in [6.07, 6.45) is 0.538. The van der Waals surface area contributed by atoms with Gasteiger partial charge in [0.15, 0.2) is 0 Å². The topological polar surface area (TPSA) is 55.9 Å². The van der Waals surface area contributed by atoms with Crippen LogP contribution in [0.1, 0.15) is 17.0 Å². The van der Waals surface area contributed by atoms with E-state index in [2.05, 4.69) is 10.5 Å². The van der Waals surface area contributed by atoms with Gasteiger partial charge in [0.25, 0.3) is 0 Å². The van der Waals surface area contributed by atoms with Gasteiger partial charge in [0.1, 0.15) is 11.6 Å². The van der Waals surface area contributed by atoms with Gasteiger partial charge in [-0.05, 0) is 25.5 Å². The first-order chi connectivity index (χ1) is 9.93. The van der Waals surface area contributed by atoms with E-state index in [9.17, 15) is 8.78 Å². The van der Waals surface area contributed by atoms with Crippen LogP contribution in [-0.2, 0) is 19.9 Å². The molecule has 0 aliphatic carbocycles. The van der Waals surface area contributed by atoms with Crippen LogP contribution in [0.5, 0.6) is 0 Å². The lowest BCUT2D eigenvalue weighted by atomic mass is 10.0. The molecule has 0 amide bonds. The first-order valence-electron chi connectivity index (χ1n) is 6.51. The van der Waals surface area contributed by atoms with E-state index in [1.165, 1.54) is 18.2 Å². The zero-order valence-corrected chi connectivity index (χ0v) is 12.6. The number of benzene rings is 1. The third kappa shape index (κ3) is 3.40. The molecule has 1 aromatic carbocycles. The van der Waals surface area contributed by atoms with E-state index in [4.69, 9.17) is 17.4 Å². The van der Waals surface area contributed by atoms with Gasteiger partial charge in [-0.2, -0.15) is 5.10 Å². The van der Waals surface area contributed by atoms with E-state index in [1.54, 1.807) is 18.7 Å². The van der Waals surface area contributed by atoms with Crippen molar-refractivity contribution in [3.63, 3.8) is 0 Å². The fraction of sp³-hybridized carbons (Fsp3) is 0.357. The van der Waals surface area contributed by atoms with Crippen LogP contribution in [0.3, 0.4) is 0 Å². The highest BCUT2D eigenvalue weighted by atomic mass is 35.5. The monoisotopic (exact) mass is 314 g/mol. The Morgan fingerprint density at radius 2 is 1.95 bits per heavy atom. The minimum atomic E-state index is -0.581. The number of nitrogens with two attached hydrogens (primary N) is 1. The Labute approximate surface area is 126 Å². The van der Waals surface area contributed by atoms with Gasteiger partial charge in [0, 0.05) is 25.1 Å². The highest BCUT2D eigenvalue weighted by Gasteiger charge is 2.19. The van der Waals surface area contributed by atoms with E-state index >= 15 is 0 Å². The first kappa shape index (κ1) is 15.9. The smallest absolute Gasteiger partial charge is 0.129 e. The molecular formula is C14H17ClF2N4. The van der Waals surface area contributed by atoms with Crippen LogP contribution < -0.4 is 11.3 Å². The molecule has 2 rings (SSSR count). The summed E-state index contributed by atoms with van der Waals surface area (Å²) in [5.41, 5.74) is 4.08. The molecule has 1 unspecified atom stereocenters. The van der Waals surface area contributed by atoms with E-state index in [-0.39, 0.29) is 18.0 Å². The first-order valence-corrected chi connectivity index (χ1v) is 6.88. The van der Waals surface area contributed by atoms with Crippen molar-refractivity contribution in [2.24, 2.45) is 12.9 Å². The van der Waals surface area contributed by atoms with Gasteiger partial charge in [0.05, 0.1) is 16.4 Å². The van der Waals surface area contributed by atoms with Crippen molar-refractivity contribution in [2.45, 2.75) is 25.8 Å². The number of rotatable bonds is 5. The summed E-state index contributed by atoms with van der Waals surface area (Å²) in [7, 11) is 1.77. The highest BCUT2D eigenvalue weighted by Crippen LogP contribution is 2.22. The SMILES string of the molecule is Cc1nn(C)c(CC(Cc2c(F)cccc2F)NN)c1Cl. The average Bonchev–Trinajstić information content (AvgIpc) is 2.67. The lowest BCUT2D eigenvalue weighted by molar-refractivity contribution is 0.474. The summed E-state index contributed by atoms with van der Waals surface area (Å²) in [6, 6.07) is 3.43. The molecule has 0 aliphatic rings. The predicted octanol–water partition coefficient (Wildman–Crippen LogP) is 2.28. The summed E-state index contributed by atoms with van der Waals surface area (Å²) in [6.45, 7) is 1.80. The number of hydrogen-bond donors (Lipinski definition) is 2. The summed E-state index contributed by atoms with van der Waals surface area (Å²) < 4.78 is 29.0. The minimum absolute atomic E-state index is 0.00969. The number of nitrogens with zero attached hydrogens (tertiary/aromatic N) is 2. The van der Waals surface area contributed by atoms with Crippen molar-refractivity contribution in [1.29, 1.82) is 0 Å². The second kappa shape index (κ2) is 6.51. The number of halogens is 3. The third-order valence-corrected chi connectivity index (χ3v) is 3.94. The minimum Gasteiger partial charge on any atom is -0.271 e. The van der Waals surface area contributed by atoms with E-state index in [1.807, 2.05) is 0 Å².